The highest BCUT2D eigenvalue weighted by Gasteiger charge is 2.06. The van der Waals surface area contributed by atoms with Crippen LogP contribution in [0, 0.1) is 0 Å². The van der Waals surface area contributed by atoms with Crippen molar-refractivity contribution < 1.29 is 0 Å². The summed E-state index contributed by atoms with van der Waals surface area (Å²) in [6.07, 6.45) is 8.11. The fraction of sp³-hybridized carbons (Fsp3) is 0.571. The van der Waals surface area contributed by atoms with Crippen molar-refractivity contribution in [2.45, 2.75) is 46.3 Å². The number of imidazole rings is 1. The van der Waals surface area contributed by atoms with E-state index in [-0.39, 0.29) is 0 Å². The number of rotatable bonds is 7. The summed E-state index contributed by atoms with van der Waals surface area (Å²) >= 11 is 0. The number of nitrogens with zero attached hydrogens (tertiary/aromatic N) is 4. The molecule has 0 saturated carbocycles. The third-order valence-electron chi connectivity index (χ3n) is 3.19. The lowest BCUT2D eigenvalue weighted by Gasteiger charge is -2.07. The van der Waals surface area contributed by atoms with Gasteiger partial charge < -0.3 is 9.88 Å². The monoisotopic (exact) mass is 261 g/mol. The molecule has 2 heterocycles. The molecule has 5 nitrogen and oxygen atoms in total. The Labute approximate surface area is 114 Å². The average Bonchev–Trinajstić information content (AvgIpc) is 2.97. The van der Waals surface area contributed by atoms with Gasteiger partial charge in [0.15, 0.2) is 0 Å². The number of nitrogens with one attached hydrogen (secondary N) is 1. The van der Waals surface area contributed by atoms with Crippen LogP contribution in [0.5, 0.6) is 0 Å². The van der Waals surface area contributed by atoms with Gasteiger partial charge in [0.25, 0.3) is 0 Å². The van der Waals surface area contributed by atoms with Gasteiger partial charge in [0, 0.05) is 44.3 Å². The SMILES string of the molecule is CCCn1ccnc1CNCc1cn(C)nc1CC. The zero-order valence-corrected chi connectivity index (χ0v) is 12.1. The van der Waals surface area contributed by atoms with Crippen molar-refractivity contribution in [2.24, 2.45) is 7.05 Å². The molecule has 104 valence electrons. The lowest BCUT2D eigenvalue weighted by atomic mass is 10.2. The second-order valence-electron chi connectivity index (χ2n) is 4.77. The molecule has 0 atom stereocenters. The molecule has 0 aliphatic carbocycles. The summed E-state index contributed by atoms with van der Waals surface area (Å²) in [7, 11) is 1.97. The number of hydrogen-bond acceptors (Lipinski definition) is 3. The predicted molar refractivity (Wildman–Crippen MR) is 75.6 cm³/mol. The van der Waals surface area contributed by atoms with Crippen LogP contribution in [0.2, 0.25) is 0 Å². The van der Waals surface area contributed by atoms with E-state index >= 15 is 0 Å². The minimum Gasteiger partial charge on any atom is -0.334 e. The minimum atomic E-state index is 0.797. The molecular formula is C14H23N5. The van der Waals surface area contributed by atoms with Crippen molar-refractivity contribution in [3.05, 3.63) is 35.7 Å². The summed E-state index contributed by atoms with van der Waals surface area (Å²) in [5, 5.41) is 7.90. The van der Waals surface area contributed by atoms with Crippen LogP contribution in [0.25, 0.3) is 0 Å². The molecule has 2 aromatic rings. The summed E-state index contributed by atoms with van der Waals surface area (Å²) in [5.41, 5.74) is 2.45. The molecule has 0 radical (unpaired) electrons. The maximum atomic E-state index is 4.45. The van der Waals surface area contributed by atoms with Crippen LogP contribution in [0.1, 0.15) is 37.4 Å². The standard InChI is InChI=1S/C14H23N5/c1-4-7-19-8-6-16-14(19)10-15-9-12-11-18(3)17-13(12)5-2/h6,8,11,15H,4-5,7,9-10H2,1-3H3. The molecule has 0 saturated heterocycles. The first-order chi connectivity index (χ1) is 9.24. The van der Waals surface area contributed by atoms with Crippen molar-refractivity contribution in [2.75, 3.05) is 0 Å². The predicted octanol–water partition coefficient (Wildman–Crippen LogP) is 1.88. The molecule has 0 aliphatic heterocycles. The zero-order valence-electron chi connectivity index (χ0n) is 12.1. The Hall–Kier alpha value is -1.62. The first kappa shape index (κ1) is 13.8. The van der Waals surface area contributed by atoms with Crippen LogP contribution >= 0.6 is 0 Å². The van der Waals surface area contributed by atoms with E-state index in [1.807, 2.05) is 24.1 Å². The van der Waals surface area contributed by atoms with E-state index < -0.39 is 0 Å². The van der Waals surface area contributed by atoms with Gasteiger partial charge >= 0.3 is 0 Å². The Kier molecular flexibility index (Phi) is 4.74. The van der Waals surface area contributed by atoms with E-state index in [1.165, 1.54) is 11.3 Å². The smallest absolute Gasteiger partial charge is 0.122 e. The summed E-state index contributed by atoms with van der Waals surface area (Å²) in [6.45, 7) is 6.99. The van der Waals surface area contributed by atoms with Gasteiger partial charge in [0.2, 0.25) is 0 Å². The molecule has 0 spiro atoms. The summed E-state index contributed by atoms with van der Waals surface area (Å²) in [5.74, 6) is 1.10. The first-order valence-electron chi connectivity index (χ1n) is 6.96. The van der Waals surface area contributed by atoms with Crippen LogP contribution in [-0.2, 0) is 33.1 Å². The maximum absolute atomic E-state index is 4.45. The lowest BCUT2D eigenvalue weighted by Crippen LogP contribution is -2.17. The molecule has 2 rings (SSSR count). The van der Waals surface area contributed by atoms with Gasteiger partial charge in [-0.2, -0.15) is 5.10 Å². The Balaban J connectivity index is 1.90. The largest absolute Gasteiger partial charge is 0.334 e. The fourth-order valence-electron chi connectivity index (χ4n) is 2.29. The van der Waals surface area contributed by atoms with Crippen molar-refractivity contribution in [3.8, 4) is 0 Å². The number of hydrogen-bond donors (Lipinski definition) is 1. The van der Waals surface area contributed by atoms with Crippen LogP contribution < -0.4 is 5.32 Å². The third-order valence-corrected chi connectivity index (χ3v) is 3.19. The second kappa shape index (κ2) is 6.52. The van der Waals surface area contributed by atoms with Gasteiger partial charge in [-0.05, 0) is 12.8 Å². The number of aromatic nitrogens is 4. The van der Waals surface area contributed by atoms with Crippen molar-refractivity contribution in [3.63, 3.8) is 0 Å². The van der Waals surface area contributed by atoms with E-state index in [0.29, 0.717) is 0 Å². The quantitative estimate of drug-likeness (QED) is 0.828. The third kappa shape index (κ3) is 3.44. The van der Waals surface area contributed by atoms with Crippen molar-refractivity contribution >= 4 is 0 Å². The van der Waals surface area contributed by atoms with Gasteiger partial charge in [-0.3, -0.25) is 4.68 Å². The molecule has 1 N–H and O–H groups in total. The van der Waals surface area contributed by atoms with E-state index in [2.05, 4.69) is 40.0 Å². The summed E-state index contributed by atoms with van der Waals surface area (Å²) < 4.78 is 4.09. The number of aryl methyl sites for hydroxylation is 3. The second-order valence-corrected chi connectivity index (χ2v) is 4.77. The molecular weight excluding hydrogens is 238 g/mol. The molecule has 0 aromatic carbocycles. The van der Waals surface area contributed by atoms with Gasteiger partial charge in [0.05, 0.1) is 12.2 Å². The van der Waals surface area contributed by atoms with Gasteiger partial charge in [-0.25, -0.2) is 4.98 Å². The van der Waals surface area contributed by atoms with Crippen LogP contribution in [0.4, 0.5) is 0 Å². The molecule has 0 fully saturated rings. The van der Waals surface area contributed by atoms with Crippen LogP contribution in [0.3, 0.4) is 0 Å². The Morgan fingerprint density at radius 2 is 2.11 bits per heavy atom. The Morgan fingerprint density at radius 1 is 1.26 bits per heavy atom. The van der Waals surface area contributed by atoms with Crippen molar-refractivity contribution in [1.29, 1.82) is 0 Å². The van der Waals surface area contributed by atoms with E-state index in [9.17, 15) is 0 Å². The van der Waals surface area contributed by atoms with Crippen LogP contribution in [0.15, 0.2) is 18.6 Å². The molecule has 2 aromatic heterocycles. The van der Waals surface area contributed by atoms with Gasteiger partial charge in [-0.1, -0.05) is 13.8 Å². The lowest BCUT2D eigenvalue weighted by molar-refractivity contribution is 0.587. The molecule has 0 bridgehead atoms. The minimum absolute atomic E-state index is 0.797. The van der Waals surface area contributed by atoms with E-state index in [1.54, 1.807) is 0 Å². The highest BCUT2D eigenvalue weighted by molar-refractivity contribution is 5.16. The Morgan fingerprint density at radius 3 is 2.84 bits per heavy atom. The maximum Gasteiger partial charge on any atom is 0.122 e. The molecule has 0 unspecified atom stereocenters. The Bertz CT molecular complexity index is 512. The van der Waals surface area contributed by atoms with Gasteiger partial charge in [-0.15, -0.1) is 0 Å². The van der Waals surface area contributed by atoms with E-state index in [0.717, 1.165) is 38.3 Å². The summed E-state index contributed by atoms with van der Waals surface area (Å²) in [4.78, 5) is 4.39. The highest BCUT2D eigenvalue weighted by atomic mass is 15.3. The summed E-state index contributed by atoms with van der Waals surface area (Å²) in [6, 6.07) is 0. The highest BCUT2D eigenvalue weighted by Crippen LogP contribution is 2.07. The molecule has 19 heavy (non-hydrogen) atoms. The molecule has 0 aliphatic rings. The van der Waals surface area contributed by atoms with E-state index in [4.69, 9.17) is 0 Å². The molecule has 5 heteroatoms. The van der Waals surface area contributed by atoms with Crippen LogP contribution in [-0.4, -0.2) is 19.3 Å². The first-order valence-corrected chi connectivity index (χ1v) is 6.96. The zero-order chi connectivity index (χ0) is 13.7. The normalized spacial score (nSPS) is 11.1. The fourth-order valence-corrected chi connectivity index (χ4v) is 2.29. The topological polar surface area (TPSA) is 47.7 Å². The average molecular weight is 261 g/mol. The van der Waals surface area contributed by atoms with Gasteiger partial charge in [0.1, 0.15) is 5.82 Å². The molecule has 0 amide bonds. The van der Waals surface area contributed by atoms with Crippen molar-refractivity contribution in [1.82, 2.24) is 24.6 Å².